The summed E-state index contributed by atoms with van der Waals surface area (Å²) < 4.78 is 7.23. The van der Waals surface area contributed by atoms with Crippen LogP contribution in [0.4, 0.5) is 0 Å². The zero-order chi connectivity index (χ0) is 21.8. The summed E-state index contributed by atoms with van der Waals surface area (Å²) in [5.41, 5.74) is 3.20. The first-order chi connectivity index (χ1) is 14.4. The lowest BCUT2D eigenvalue weighted by Crippen LogP contribution is -2.47. The number of carbonyl (C=O) groups is 2. The molecule has 0 fully saturated rings. The van der Waals surface area contributed by atoms with E-state index in [-0.39, 0.29) is 24.4 Å². The fourth-order valence-electron chi connectivity index (χ4n) is 3.68. The van der Waals surface area contributed by atoms with E-state index in [1.54, 1.807) is 38.5 Å². The molecule has 2 atom stereocenters. The number of benzene rings is 1. The van der Waals surface area contributed by atoms with Gasteiger partial charge in [-0.3, -0.25) is 14.3 Å². The van der Waals surface area contributed by atoms with Gasteiger partial charge in [-0.05, 0) is 50.1 Å². The number of pyridine rings is 1. The standard InChI is InChI=1S/C23H28N4O3/c1-6-15(3)21(23(29)30-7-2)26(5)22(28)17-8-10-18(11-9-17)27-16(4)25-19-14-24-13-12-20(19)27/h8-15,21H,6-7H2,1-5H3/t15-,21-/m0/s1. The van der Waals surface area contributed by atoms with Crippen molar-refractivity contribution < 1.29 is 14.3 Å². The van der Waals surface area contributed by atoms with Gasteiger partial charge in [0.05, 0.1) is 18.3 Å². The van der Waals surface area contributed by atoms with E-state index in [4.69, 9.17) is 4.74 Å². The Balaban J connectivity index is 1.88. The Labute approximate surface area is 176 Å². The van der Waals surface area contributed by atoms with Crippen LogP contribution in [0.25, 0.3) is 16.7 Å². The number of hydrogen-bond acceptors (Lipinski definition) is 5. The molecule has 0 saturated heterocycles. The fourth-order valence-corrected chi connectivity index (χ4v) is 3.68. The third-order valence-corrected chi connectivity index (χ3v) is 5.45. The van der Waals surface area contributed by atoms with Gasteiger partial charge in [0.25, 0.3) is 5.91 Å². The highest BCUT2D eigenvalue weighted by Crippen LogP contribution is 2.22. The van der Waals surface area contributed by atoms with Gasteiger partial charge < -0.3 is 9.64 Å². The summed E-state index contributed by atoms with van der Waals surface area (Å²) in [6.07, 6.45) is 4.23. The van der Waals surface area contributed by atoms with Gasteiger partial charge in [0.1, 0.15) is 17.4 Å². The van der Waals surface area contributed by atoms with Crippen LogP contribution >= 0.6 is 0 Å². The third kappa shape index (κ3) is 4.06. The van der Waals surface area contributed by atoms with E-state index in [0.29, 0.717) is 5.56 Å². The minimum Gasteiger partial charge on any atom is -0.464 e. The number of likely N-dealkylation sites (N-methyl/N-ethyl adjacent to an activating group) is 1. The monoisotopic (exact) mass is 408 g/mol. The van der Waals surface area contributed by atoms with Gasteiger partial charge in [-0.1, -0.05) is 20.3 Å². The van der Waals surface area contributed by atoms with Crippen LogP contribution in [-0.2, 0) is 9.53 Å². The van der Waals surface area contributed by atoms with Crippen molar-refractivity contribution in [2.75, 3.05) is 13.7 Å². The van der Waals surface area contributed by atoms with Crippen LogP contribution < -0.4 is 0 Å². The minimum absolute atomic E-state index is 0.00848. The lowest BCUT2D eigenvalue weighted by Gasteiger charge is -2.30. The van der Waals surface area contributed by atoms with Crippen LogP contribution in [-0.4, -0.2) is 51.0 Å². The minimum atomic E-state index is -0.616. The van der Waals surface area contributed by atoms with Gasteiger partial charge in [0.2, 0.25) is 0 Å². The maximum Gasteiger partial charge on any atom is 0.329 e. The summed E-state index contributed by atoms with van der Waals surface area (Å²) in [4.78, 5) is 35.7. The number of carbonyl (C=O) groups excluding carboxylic acids is 2. The highest BCUT2D eigenvalue weighted by Gasteiger charge is 2.32. The van der Waals surface area contributed by atoms with E-state index in [2.05, 4.69) is 9.97 Å². The van der Waals surface area contributed by atoms with Crippen molar-refractivity contribution in [2.45, 2.75) is 40.2 Å². The Morgan fingerprint density at radius 2 is 1.87 bits per heavy atom. The number of ether oxygens (including phenoxy) is 1. The summed E-state index contributed by atoms with van der Waals surface area (Å²) >= 11 is 0. The van der Waals surface area contributed by atoms with Gasteiger partial charge >= 0.3 is 5.97 Å². The summed E-state index contributed by atoms with van der Waals surface area (Å²) in [6, 6.07) is 8.63. The van der Waals surface area contributed by atoms with Gasteiger partial charge in [0.15, 0.2) is 0 Å². The molecule has 0 N–H and O–H groups in total. The molecule has 7 heteroatoms. The normalized spacial score (nSPS) is 13.1. The van der Waals surface area contributed by atoms with E-state index in [0.717, 1.165) is 29.0 Å². The highest BCUT2D eigenvalue weighted by molar-refractivity contribution is 5.97. The molecule has 1 aromatic carbocycles. The Bertz CT molecular complexity index is 1040. The molecule has 3 aromatic rings. The quantitative estimate of drug-likeness (QED) is 0.556. The third-order valence-electron chi connectivity index (χ3n) is 5.45. The molecule has 7 nitrogen and oxygen atoms in total. The number of aromatic nitrogens is 3. The summed E-state index contributed by atoms with van der Waals surface area (Å²) in [5.74, 6) is 0.254. The maximum absolute atomic E-state index is 13.1. The molecule has 0 bridgehead atoms. The number of amides is 1. The molecule has 0 saturated carbocycles. The molecule has 2 heterocycles. The molecule has 1 amide bonds. The maximum atomic E-state index is 13.1. The van der Waals surface area contributed by atoms with Crippen molar-refractivity contribution in [3.05, 3.63) is 54.1 Å². The van der Waals surface area contributed by atoms with Gasteiger partial charge in [0, 0.05) is 24.5 Å². The van der Waals surface area contributed by atoms with Crippen molar-refractivity contribution in [1.82, 2.24) is 19.4 Å². The summed E-state index contributed by atoms with van der Waals surface area (Å²) in [5, 5.41) is 0. The molecule has 0 radical (unpaired) electrons. The number of nitrogens with zero attached hydrogens (tertiary/aromatic N) is 4. The highest BCUT2D eigenvalue weighted by atomic mass is 16.5. The number of esters is 1. The lowest BCUT2D eigenvalue weighted by atomic mass is 9.97. The van der Waals surface area contributed by atoms with Crippen molar-refractivity contribution in [1.29, 1.82) is 0 Å². The fraction of sp³-hybridized carbons (Fsp3) is 0.391. The topological polar surface area (TPSA) is 77.3 Å². The first kappa shape index (κ1) is 21.5. The van der Waals surface area contributed by atoms with E-state index in [1.807, 2.05) is 43.5 Å². The second-order valence-corrected chi connectivity index (χ2v) is 7.40. The summed E-state index contributed by atoms with van der Waals surface area (Å²) in [6.45, 7) is 7.94. The predicted molar refractivity (Wildman–Crippen MR) is 116 cm³/mol. The Hall–Kier alpha value is -3.22. The van der Waals surface area contributed by atoms with Gasteiger partial charge in [-0.15, -0.1) is 0 Å². The van der Waals surface area contributed by atoms with Crippen molar-refractivity contribution in [3.63, 3.8) is 0 Å². The average molecular weight is 409 g/mol. The first-order valence-electron chi connectivity index (χ1n) is 10.2. The van der Waals surface area contributed by atoms with Crippen LogP contribution in [0, 0.1) is 12.8 Å². The molecular formula is C23H28N4O3. The number of rotatable bonds is 7. The molecule has 0 aliphatic carbocycles. The second-order valence-electron chi connectivity index (χ2n) is 7.40. The molecule has 3 rings (SSSR count). The van der Waals surface area contributed by atoms with Crippen LogP contribution in [0.1, 0.15) is 43.4 Å². The molecule has 0 unspecified atom stereocenters. The second kappa shape index (κ2) is 9.07. The van der Waals surface area contributed by atoms with Gasteiger partial charge in [-0.2, -0.15) is 0 Å². The Morgan fingerprint density at radius 1 is 1.17 bits per heavy atom. The number of fused-ring (bicyclic) bond motifs is 1. The van der Waals surface area contributed by atoms with Crippen LogP contribution in [0.5, 0.6) is 0 Å². The molecule has 158 valence electrons. The van der Waals surface area contributed by atoms with E-state index < -0.39 is 6.04 Å². The van der Waals surface area contributed by atoms with Crippen molar-refractivity contribution in [2.24, 2.45) is 5.92 Å². The number of aryl methyl sites for hydroxylation is 1. The molecular weight excluding hydrogens is 380 g/mol. The smallest absolute Gasteiger partial charge is 0.329 e. The van der Waals surface area contributed by atoms with Crippen LogP contribution in [0.15, 0.2) is 42.7 Å². The molecule has 0 aliphatic heterocycles. The van der Waals surface area contributed by atoms with Crippen molar-refractivity contribution >= 4 is 22.9 Å². The lowest BCUT2D eigenvalue weighted by molar-refractivity contribution is -0.150. The van der Waals surface area contributed by atoms with Crippen molar-refractivity contribution in [3.8, 4) is 5.69 Å². The SMILES string of the molecule is CCOC(=O)[C@H]([C@@H](C)CC)N(C)C(=O)c1ccc(-n2c(C)nc3cnccc32)cc1. The summed E-state index contributed by atoms with van der Waals surface area (Å²) in [7, 11) is 1.66. The predicted octanol–water partition coefficient (Wildman–Crippen LogP) is 3.78. The molecule has 30 heavy (non-hydrogen) atoms. The van der Waals surface area contributed by atoms with Gasteiger partial charge in [-0.25, -0.2) is 9.78 Å². The van der Waals surface area contributed by atoms with E-state index in [9.17, 15) is 9.59 Å². The molecule has 0 aliphatic rings. The zero-order valence-electron chi connectivity index (χ0n) is 18.1. The van der Waals surface area contributed by atoms with Crippen LogP contribution in [0.3, 0.4) is 0 Å². The van der Waals surface area contributed by atoms with Crippen LogP contribution in [0.2, 0.25) is 0 Å². The molecule has 2 aromatic heterocycles. The average Bonchev–Trinajstić information content (AvgIpc) is 3.09. The Morgan fingerprint density at radius 3 is 2.50 bits per heavy atom. The number of imidazole rings is 1. The van der Waals surface area contributed by atoms with E-state index in [1.165, 1.54) is 4.90 Å². The first-order valence-corrected chi connectivity index (χ1v) is 10.2. The number of hydrogen-bond donors (Lipinski definition) is 0. The Kier molecular flexibility index (Phi) is 6.50. The zero-order valence-corrected chi connectivity index (χ0v) is 18.1. The largest absolute Gasteiger partial charge is 0.464 e. The molecule has 0 spiro atoms. The van der Waals surface area contributed by atoms with E-state index >= 15 is 0 Å².